The summed E-state index contributed by atoms with van der Waals surface area (Å²) in [6, 6.07) is -0.966. The molecule has 0 spiro atoms. The lowest BCUT2D eigenvalue weighted by atomic mass is 10.1. The van der Waals surface area contributed by atoms with E-state index in [4.69, 9.17) is 9.47 Å². The lowest BCUT2D eigenvalue weighted by molar-refractivity contribution is -0.149. The molecular weight excluding hydrogens is 212 g/mol. The number of nitrogens with one attached hydrogen (secondary N) is 2. The van der Waals surface area contributed by atoms with Crippen molar-refractivity contribution in [3.05, 3.63) is 0 Å². The van der Waals surface area contributed by atoms with Crippen LogP contribution in [0.25, 0.3) is 0 Å². The van der Waals surface area contributed by atoms with Crippen molar-refractivity contribution in [3.8, 4) is 0 Å². The van der Waals surface area contributed by atoms with Gasteiger partial charge in [-0.1, -0.05) is 0 Å². The van der Waals surface area contributed by atoms with E-state index in [0.29, 0.717) is 26.3 Å². The topological polar surface area (TPSA) is 76.7 Å². The zero-order valence-electron chi connectivity index (χ0n) is 9.62. The summed E-state index contributed by atoms with van der Waals surface area (Å²) in [5, 5.41) is 5.91. The number of hydrogen-bond donors (Lipinski definition) is 2. The van der Waals surface area contributed by atoms with Crippen LogP contribution in [0.15, 0.2) is 0 Å². The summed E-state index contributed by atoms with van der Waals surface area (Å²) in [4.78, 5) is 22.9. The quantitative estimate of drug-likeness (QED) is 0.606. The molecule has 0 aliphatic carbocycles. The van der Waals surface area contributed by atoms with E-state index in [1.165, 1.54) is 0 Å². The minimum atomic E-state index is -0.483. The van der Waals surface area contributed by atoms with Gasteiger partial charge in [0.05, 0.1) is 13.2 Å². The summed E-state index contributed by atoms with van der Waals surface area (Å²) in [5.41, 5.74) is 0. The predicted molar refractivity (Wildman–Crippen MR) is 56.8 cm³/mol. The fourth-order valence-corrected chi connectivity index (χ4v) is 1.52. The molecule has 0 amide bonds. The first kappa shape index (κ1) is 12.9. The Hall–Kier alpha value is -1.14. The molecule has 0 aromatic carbocycles. The van der Waals surface area contributed by atoms with Gasteiger partial charge in [-0.05, 0) is 13.8 Å². The Kier molecular flexibility index (Phi) is 5.21. The number of piperazine rings is 1. The summed E-state index contributed by atoms with van der Waals surface area (Å²) in [6.45, 7) is 5.10. The fraction of sp³-hybridized carbons (Fsp3) is 0.800. The fourth-order valence-electron chi connectivity index (χ4n) is 1.52. The van der Waals surface area contributed by atoms with Gasteiger partial charge < -0.3 is 14.8 Å². The van der Waals surface area contributed by atoms with Crippen LogP contribution in [0.3, 0.4) is 0 Å². The van der Waals surface area contributed by atoms with E-state index in [-0.39, 0.29) is 11.9 Å². The normalized spacial score (nSPS) is 24.9. The smallest absolute Gasteiger partial charge is 0.324 e. The highest BCUT2D eigenvalue weighted by molar-refractivity contribution is 5.80. The Balaban J connectivity index is 2.46. The molecular formula is C10H18N2O4. The molecule has 1 saturated heterocycles. The molecule has 16 heavy (non-hydrogen) atoms. The Morgan fingerprint density at radius 2 is 1.50 bits per heavy atom. The minimum absolute atomic E-state index is 0.334. The summed E-state index contributed by atoms with van der Waals surface area (Å²) in [7, 11) is 0. The van der Waals surface area contributed by atoms with Gasteiger partial charge >= 0.3 is 11.9 Å². The molecule has 2 atom stereocenters. The first-order chi connectivity index (χ1) is 7.69. The second-order valence-corrected chi connectivity index (χ2v) is 3.43. The van der Waals surface area contributed by atoms with Crippen LogP contribution in [-0.2, 0) is 19.1 Å². The maximum Gasteiger partial charge on any atom is 0.324 e. The number of hydrogen-bond acceptors (Lipinski definition) is 6. The molecule has 2 unspecified atom stereocenters. The van der Waals surface area contributed by atoms with Gasteiger partial charge in [-0.25, -0.2) is 0 Å². The summed E-state index contributed by atoms with van der Waals surface area (Å²) in [6.07, 6.45) is 0. The molecule has 1 fully saturated rings. The maximum atomic E-state index is 11.4. The van der Waals surface area contributed by atoms with E-state index in [2.05, 4.69) is 10.6 Å². The average Bonchev–Trinajstić information content (AvgIpc) is 2.30. The van der Waals surface area contributed by atoms with Gasteiger partial charge in [-0.2, -0.15) is 0 Å². The highest BCUT2D eigenvalue weighted by Crippen LogP contribution is 1.99. The number of rotatable bonds is 4. The van der Waals surface area contributed by atoms with Crippen LogP contribution in [0.4, 0.5) is 0 Å². The van der Waals surface area contributed by atoms with Crippen LogP contribution in [0.5, 0.6) is 0 Å². The molecule has 1 rings (SSSR count). The Morgan fingerprint density at radius 3 is 1.88 bits per heavy atom. The number of carbonyl (C=O) groups is 2. The number of ether oxygens (including phenoxy) is 2. The monoisotopic (exact) mass is 230 g/mol. The average molecular weight is 230 g/mol. The number of esters is 2. The third-order valence-electron chi connectivity index (χ3n) is 2.24. The van der Waals surface area contributed by atoms with Crippen molar-refractivity contribution >= 4 is 11.9 Å². The third-order valence-corrected chi connectivity index (χ3v) is 2.24. The molecule has 2 N–H and O–H groups in total. The molecule has 1 heterocycles. The van der Waals surface area contributed by atoms with Gasteiger partial charge in [0.25, 0.3) is 0 Å². The largest absolute Gasteiger partial charge is 0.465 e. The molecule has 1 aliphatic rings. The van der Waals surface area contributed by atoms with Crippen molar-refractivity contribution in [2.24, 2.45) is 0 Å². The van der Waals surface area contributed by atoms with Crippen molar-refractivity contribution in [1.29, 1.82) is 0 Å². The van der Waals surface area contributed by atoms with Crippen LogP contribution in [0.2, 0.25) is 0 Å². The molecule has 0 aromatic heterocycles. The first-order valence-electron chi connectivity index (χ1n) is 5.49. The Bertz CT molecular complexity index is 233. The van der Waals surface area contributed by atoms with Gasteiger partial charge in [0.15, 0.2) is 0 Å². The zero-order valence-corrected chi connectivity index (χ0v) is 9.62. The van der Waals surface area contributed by atoms with Gasteiger partial charge in [0.2, 0.25) is 0 Å². The van der Waals surface area contributed by atoms with Gasteiger partial charge in [-0.15, -0.1) is 0 Å². The van der Waals surface area contributed by atoms with E-state index < -0.39 is 12.1 Å². The lowest BCUT2D eigenvalue weighted by Gasteiger charge is -2.28. The molecule has 6 heteroatoms. The van der Waals surface area contributed by atoms with E-state index in [9.17, 15) is 9.59 Å². The molecule has 0 aromatic rings. The summed E-state index contributed by atoms with van der Waals surface area (Å²) < 4.78 is 9.75. The minimum Gasteiger partial charge on any atom is -0.465 e. The Labute approximate surface area is 94.7 Å². The van der Waals surface area contributed by atoms with Gasteiger partial charge in [0, 0.05) is 13.1 Å². The van der Waals surface area contributed by atoms with Crippen LogP contribution >= 0.6 is 0 Å². The highest BCUT2D eigenvalue weighted by atomic mass is 16.5. The van der Waals surface area contributed by atoms with Crippen LogP contribution < -0.4 is 10.6 Å². The van der Waals surface area contributed by atoms with E-state index in [1.807, 2.05) is 0 Å². The van der Waals surface area contributed by atoms with E-state index >= 15 is 0 Å². The van der Waals surface area contributed by atoms with Crippen LogP contribution in [0.1, 0.15) is 13.8 Å². The molecule has 0 bridgehead atoms. The Morgan fingerprint density at radius 1 is 1.06 bits per heavy atom. The van der Waals surface area contributed by atoms with Crippen molar-refractivity contribution in [3.63, 3.8) is 0 Å². The van der Waals surface area contributed by atoms with Crippen LogP contribution in [-0.4, -0.2) is 50.3 Å². The number of carbonyl (C=O) groups excluding carboxylic acids is 2. The zero-order chi connectivity index (χ0) is 12.0. The van der Waals surface area contributed by atoms with Crippen molar-refractivity contribution in [2.75, 3.05) is 26.3 Å². The maximum absolute atomic E-state index is 11.4. The highest BCUT2D eigenvalue weighted by Gasteiger charge is 2.31. The molecule has 6 nitrogen and oxygen atoms in total. The van der Waals surface area contributed by atoms with E-state index in [0.717, 1.165) is 0 Å². The molecule has 0 saturated carbocycles. The van der Waals surface area contributed by atoms with Crippen molar-refractivity contribution in [2.45, 2.75) is 25.9 Å². The first-order valence-corrected chi connectivity index (χ1v) is 5.49. The third kappa shape index (κ3) is 3.46. The van der Waals surface area contributed by atoms with Crippen LogP contribution in [0, 0.1) is 0 Å². The van der Waals surface area contributed by atoms with Gasteiger partial charge in [0.1, 0.15) is 12.1 Å². The predicted octanol–water partition coefficient (Wildman–Crippen LogP) is -0.957. The van der Waals surface area contributed by atoms with Gasteiger partial charge in [-0.3, -0.25) is 14.9 Å². The molecule has 1 aliphatic heterocycles. The van der Waals surface area contributed by atoms with Crippen molar-refractivity contribution < 1.29 is 19.1 Å². The second-order valence-electron chi connectivity index (χ2n) is 3.43. The standard InChI is InChI=1S/C10H18N2O4/c1-3-15-9(13)7-5-11-6-8(12-7)10(14)16-4-2/h7-8,11-12H,3-6H2,1-2H3. The molecule has 0 radical (unpaired) electrons. The van der Waals surface area contributed by atoms with E-state index in [1.54, 1.807) is 13.8 Å². The summed E-state index contributed by atoms with van der Waals surface area (Å²) >= 11 is 0. The van der Waals surface area contributed by atoms with Crippen molar-refractivity contribution in [1.82, 2.24) is 10.6 Å². The lowest BCUT2D eigenvalue weighted by Crippen LogP contribution is -2.61. The molecule has 92 valence electrons. The second kappa shape index (κ2) is 6.44. The SMILES string of the molecule is CCOC(=O)C1CNCC(C(=O)OCC)N1. The summed E-state index contributed by atoms with van der Waals surface area (Å²) in [5.74, 6) is -0.687.